The van der Waals surface area contributed by atoms with Crippen LogP contribution in [0.3, 0.4) is 0 Å². The number of ether oxygens (including phenoxy) is 1. The number of amides is 1. The van der Waals surface area contributed by atoms with E-state index in [0.29, 0.717) is 35.5 Å². The molecule has 1 aliphatic heterocycles. The molecule has 1 atom stereocenters. The molecule has 1 amide bonds. The van der Waals surface area contributed by atoms with Gasteiger partial charge in [0.2, 0.25) is 15.9 Å². The minimum Gasteiger partial charge on any atom is -0.462 e. The number of halogens is 1. The number of rotatable bonds is 6. The van der Waals surface area contributed by atoms with Crippen LogP contribution >= 0.6 is 0 Å². The van der Waals surface area contributed by atoms with Crippen LogP contribution < -0.4 is 5.32 Å². The zero-order chi connectivity index (χ0) is 24.5. The second-order valence-corrected chi connectivity index (χ2v) is 10.2. The summed E-state index contributed by atoms with van der Waals surface area (Å²) in [4.78, 5) is 25.3. The van der Waals surface area contributed by atoms with E-state index in [2.05, 4.69) is 5.32 Å². The molecule has 2 aromatic rings. The Morgan fingerprint density at radius 1 is 1.21 bits per heavy atom. The molecule has 3 rings (SSSR count). The van der Waals surface area contributed by atoms with Crippen LogP contribution in [0.5, 0.6) is 0 Å². The number of carbonyl (C=O) groups excluding carboxylic acids is 2. The Balaban J connectivity index is 1.88. The highest BCUT2D eigenvalue weighted by Gasteiger charge is 2.39. The van der Waals surface area contributed by atoms with E-state index in [1.807, 2.05) is 0 Å². The fourth-order valence-electron chi connectivity index (χ4n) is 4.09. The van der Waals surface area contributed by atoms with Crippen molar-refractivity contribution >= 4 is 27.6 Å². The van der Waals surface area contributed by atoms with Crippen LogP contribution in [0, 0.1) is 32.5 Å². The third kappa shape index (κ3) is 4.81. The molecular weight excluding hydrogens is 449 g/mol. The highest BCUT2D eigenvalue weighted by atomic mass is 32.2. The summed E-state index contributed by atoms with van der Waals surface area (Å²) in [6.07, 6.45) is 0.989. The first kappa shape index (κ1) is 24.9. The van der Waals surface area contributed by atoms with Crippen molar-refractivity contribution in [1.29, 1.82) is 0 Å². The van der Waals surface area contributed by atoms with Gasteiger partial charge < -0.3 is 14.6 Å². The molecule has 0 bridgehead atoms. The lowest BCUT2D eigenvalue weighted by Gasteiger charge is -2.31. The van der Waals surface area contributed by atoms with Crippen LogP contribution in [0.4, 0.5) is 10.1 Å². The van der Waals surface area contributed by atoms with Gasteiger partial charge in [0.15, 0.2) is 0 Å². The summed E-state index contributed by atoms with van der Waals surface area (Å²) in [7, 11) is -2.37. The maximum absolute atomic E-state index is 13.8. The summed E-state index contributed by atoms with van der Waals surface area (Å²) >= 11 is 0. The molecule has 180 valence electrons. The monoisotopic (exact) mass is 479 g/mol. The predicted molar refractivity (Wildman–Crippen MR) is 122 cm³/mol. The summed E-state index contributed by atoms with van der Waals surface area (Å²) in [5.41, 5.74) is 1.74. The van der Waals surface area contributed by atoms with Gasteiger partial charge in [-0.05, 0) is 58.2 Å². The predicted octanol–water partition coefficient (Wildman–Crippen LogP) is 3.31. The smallest absolute Gasteiger partial charge is 0.341 e. The number of aromatic nitrogens is 1. The molecular formula is C23H30FN3O5S. The van der Waals surface area contributed by atoms with E-state index in [-0.39, 0.29) is 36.1 Å². The molecule has 1 saturated heterocycles. The molecule has 33 heavy (non-hydrogen) atoms. The van der Waals surface area contributed by atoms with Crippen molar-refractivity contribution in [2.75, 3.05) is 25.0 Å². The Morgan fingerprint density at radius 2 is 1.91 bits per heavy atom. The Hall–Kier alpha value is -2.72. The van der Waals surface area contributed by atoms with E-state index in [0.717, 1.165) is 0 Å². The normalized spacial score (nSPS) is 17.1. The van der Waals surface area contributed by atoms with E-state index in [1.165, 1.54) is 10.4 Å². The molecule has 1 N–H and O–H groups in total. The van der Waals surface area contributed by atoms with Crippen LogP contribution in [0.1, 0.15) is 47.1 Å². The molecule has 1 unspecified atom stereocenters. The van der Waals surface area contributed by atoms with Gasteiger partial charge in [0.1, 0.15) is 16.3 Å². The number of nitrogens with one attached hydrogen (secondary N) is 1. The second kappa shape index (κ2) is 9.64. The number of hydrogen-bond donors (Lipinski definition) is 1. The number of hydrogen-bond acceptors (Lipinski definition) is 5. The molecule has 1 fully saturated rings. The topological polar surface area (TPSA) is 97.7 Å². The number of anilines is 1. The number of nitrogens with zero attached hydrogens (tertiary/aromatic N) is 2. The van der Waals surface area contributed by atoms with Crippen molar-refractivity contribution < 1.29 is 27.1 Å². The van der Waals surface area contributed by atoms with Gasteiger partial charge in [-0.1, -0.05) is 6.07 Å². The Labute approximate surface area is 193 Å². The number of aryl methyl sites for hydroxylation is 1. The van der Waals surface area contributed by atoms with Crippen LogP contribution in [-0.4, -0.2) is 48.9 Å². The molecule has 10 heteroatoms. The Bertz CT molecular complexity index is 1190. The number of carbonyl (C=O) groups is 2. The van der Waals surface area contributed by atoms with Gasteiger partial charge in [-0.15, -0.1) is 0 Å². The van der Waals surface area contributed by atoms with E-state index in [9.17, 15) is 22.4 Å². The molecule has 2 heterocycles. The minimum absolute atomic E-state index is 0.0264. The molecule has 0 radical (unpaired) electrons. The molecule has 0 spiro atoms. The van der Waals surface area contributed by atoms with E-state index in [4.69, 9.17) is 4.74 Å². The third-order valence-corrected chi connectivity index (χ3v) is 8.22. The standard InChI is InChI=1S/C23H30FN3O5S/c1-6-32-23(29)20-15(3)26(5)16(4)21(20)33(30,31)27-11-7-8-17(13-27)22(28)25-18-10-9-14(2)19(24)12-18/h9-10,12,17H,6-8,11,13H2,1-5H3,(H,25,28). The number of benzene rings is 1. The van der Waals surface area contributed by atoms with Gasteiger partial charge in [0, 0.05) is 37.2 Å². The minimum atomic E-state index is -4.07. The van der Waals surface area contributed by atoms with Crippen molar-refractivity contribution in [3.8, 4) is 0 Å². The van der Waals surface area contributed by atoms with Crippen LogP contribution in [-0.2, 0) is 26.6 Å². The van der Waals surface area contributed by atoms with Gasteiger partial charge in [0.05, 0.1) is 12.5 Å². The Morgan fingerprint density at radius 3 is 2.55 bits per heavy atom. The largest absolute Gasteiger partial charge is 0.462 e. The first-order valence-electron chi connectivity index (χ1n) is 10.9. The third-order valence-electron chi connectivity index (χ3n) is 6.20. The van der Waals surface area contributed by atoms with Gasteiger partial charge in [-0.3, -0.25) is 4.79 Å². The summed E-state index contributed by atoms with van der Waals surface area (Å²) in [6, 6.07) is 4.42. The van der Waals surface area contributed by atoms with E-state index < -0.39 is 27.7 Å². The van der Waals surface area contributed by atoms with Crippen molar-refractivity contribution in [3.63, 3.8) is 0 Å². The lowest BCUT2D eigenvalue weighted by atomic mass is 9.98. The molecule has 1 aromatic heterocycles. The quantitative estimate of drug-likeness (QED) is 0.641. The molecule has 1 aromatic carbocycles. The van der Waals surface area contributed by atoms with Crippen molar-refractivity contribution in [2.24, 2.45) is 13.0 Å². The fourth-order valence-corrected chi connectivity index (χ4v) is 6.10. The first-order valence-corrected chi connectivity index (χ1v) is 12.3. The first-order chi connectivity index (χ1) is 15.5. The Kier molecular flexibility index (Phi) is 7.28. The number of piperidine rings is 1. The van der Waals surface area contributed by atoms with Gasteiger partial charge in [-0.2, -0.15) is 4.31 Å². The molecule has 1 aliphatic rings. The van der Waals surface area contributed by atoms with E-state index >= 15 is 0 Å². The van der Waals surface area contributed by atoms with Crippen LogP contribution in [0.2, 0.25) is 0 Å². The maximum atomic E-state index is 13.8. The lowest BCUT2D eigenvalue weighted by molar-refractivity contribution is -0.120. The highest BCUT2D eigenvalue weighted by molar-refractivity contribution is 7.89. The average Bonchev–Trinajstić information content (AvgIpc) is 3.01. The summed E-state index contributed by atoms with van der Waals surface area (Å²) < 4.78 is 49.1. The van der Waals surface area contributed by atoms with Crippen molar-refractivity contribution in [3.05, 3.63) is 46.5 Å². The van der Waals surface area contributed by atoms with Gasteiger partial charge in [-0.25, -0.2) is 17.6 Å². The van der Waals surface area contributed by atoms with Crippen molar-refractivity contribution in [1.82, 2.24) is 8.87 Å². The zero-order valence-electron chi connectivity index (χ0n) is 19.6. The molecule has 0 saturated carbocycles. The highest BCUT2D eigenvalue weighted by Crippen LogP contribution is 2.32. The van der Waals surface area contributed by atoms with Crippen LogP contribution in [0.15, 0.2) is 23.1 Å². The number of esters is 1. The van der Waals surface area contributed by atoms with Gasteiger partial charge in [0.25, 0.3) is 0 Å². The van der Waals surface area contributed by atoms with Crippen LogP contribution in [0.25, 0.3) is 0 Å². The van der Waals surface area contributed by atoms with Gasteiger partial charge >= 0.3 is 5.97 Å². The molecule has 8 nitrogen and oxygen atoms in total. The SMILES string of the molecule is CCOC(=O)c1c(S(=O)(=O)N2CCCC(C(=O)Nc3ccc(C)c(F)c3)C2)c(C)n(C)c1C. The average molecular weight is 480 g/mol. The second-order valence-electron chi connectivity index (χ2n) is 8.31. The summed E-state index contributed by atoms with van der Waals surface area (Å²) in [5.74, 6) is -2.09. The molecule has 0 aliphatic carbocycles. The maximum Gasteiger partial charge on any atom is 0.341 e. The fraction of sp³-hybridized carbons (Fsp3) is 0.478. The lowest BCUT2D eigenvalue weighted by Crippen LogP contribution is -2.44. The summed E-state index contributed by atoms with van der Waals surface area (Å²) in [6.45, 7) is 6.93. The summed E-state index contributed by atoms with van der Waals surface area (Å²) in [5, 5.41) is 2.68. The zero-order valence-corrected chi connectivity index (χ0v) is 20.4. The number of sulfonamides is 1. The van der Waals surface area contributed by atoms with E-state index in [1.54, 1.807) is 51.4 Å². The van der Waals surface area contributed by atoms with Crippen molar-refractivity contribution in [2.45, 2.75) is 45.4 Å².